The molecule has 1 aliphatic rings. The van der Waals surface area contributed by atoms with Crippen molar-refractivity contribution in [3.63, 3.8) is 0 Å². The lowest BCUT2D eigenvalue weighted by molar-refractivity contribution is -0.118. The lowest BCUT2D eigenvalue weighted by atomic mass is 10.1. The number of nitrogens with zero attached hydrogens (tertiary/aromatic N) is 4. The lowest BCUT2D eigenvalue weighted by Crippen LogP contribution is -2.25. The molecule has 5 rings (SSSR count). The number of hydrogen-bond acceptors (Lipinski definition) is 6. The van der Waals surface area contributed by atoms with Gasteiger partial charge in [0, 0.05) is 17.1 Å². The van der Waals surface area contributed by atoms with Crippen LogP contribution >= 0.6 is 11.3 Å². The van der Waals surface area contributed by atoms with Gasteiger partial charge in [-0.2, -0.15) is 5.10 Å². The Hall–Kier alpha value is -4.18. The molecule has 10 heteroatoms. The molecule has 1 aliphatic heterocycles. The summed E-state index contributed by atoms with van der Waals surface area (Å²) in [6, 6.07) is 12.5. The molecule has 0 spiro atoms. The normalized spacial score (nSPS) is 13.9. The number of halogens is 2. The van der Waals surface area contributed by atoms with E-state index in [4.69, 9.17) is 4.74 Å². The second-order valence-electron chi connectivity index (χ2n) is 7.37. The molecule has 34 heavy (non-hydrogen) atoms. The van der Waals surface area contributed by atoms with Crippen LogP contribution in [0, 0.1) is 11.6 Å². The van der Waals surface area contributed by atoms with Crippen molar-refractivity contribution in [2.75, 3.05) is 11.9 Å². The number of hydrogen-bond donors (Lipinski definition) is 1. The molecular weight excluding hydrogens is 460 g/mol. The fourth-order valence-electron chi connectivity index (χ4n) is 3.49. The average Bonchev–Trinajstić information content (AvgIpc) is 3.21. The van der Waals surface area contributed by atoms with Crippen molar-refractivity contribution in [2.45, 2.75) is 6.92 Å². The minimum absolute atomic E-state index is 0.0450. The van der Waals surface area contributed by atoms with Gasteiger partial charge in [-0.05, 0) is 49.4 Å². The zero-order valence-electron chi connectivity index (χ0n) is 17.8. The molecule has 0 unspecified atom stereocenters. The van der Waals surface area contributed by atoms with Crippen molar-refractivity contribution in [3.8, 4) is 17.0 Å². The number of amides is 1. The molecule has 0 fully saturated rings. The van der Waals surface area contributed by atoms with Crippen LogP contribution in [0.4, 0.5) is 20.2 Å². The van der Waals surface area contributed by atoms with Gasteiger partial charge in [0.25, 0.3) is 5.91 Å². The Balaban J connectivity index is 1.69. The van der Waals surface area contributed by atoms with Gasteiger partial charge in [0.15, 0.2) is 6.61 Å². The molecule has 2 aromatic carbocycles. The summed E-state index contributed by atoms with van der Waals surface area (Å²) in [6.07, 6.45) is 3.24. The first-order valence-corrected chi connectivity index (χ1v) is 11.1. The minimum atomic E-state index is -0.710. The van der Waals surface area contributed by atoms with E-state index in [9.17, 15) is 13.6 Å². The molecule has 0 bridgehead atoms. The highest BCUT2D eigenvalue weighted by Gasteiger charge is 2.19. The van der Waals surface area contributed by atoms with E-state index in [-0.39, 0.29) is 23.8 Å². The number of rotatable bonds is 4. The topological polar surface area (TPSA) is 80.9 Å². The summed E-state index contributed by atoms with van der Waals surface area (Å²) in [5.74, 6) is -1.12. The number of carbonyl (C=O) groups is 1. The van der Waals surface area contributed by atoms with Gasteiger partial charge < -0.3 is 10.1 Å². The maximum absolute atomic E-state index is 14.4. The molecule has 4 aromatic rings. The quantitative estimate of drug-likeness (QED) is 0.432. The number of fused-ring (bicyclic) bond motifs is 1. The molecule has 7 nitrogen and oxygen atoms in total. The number of ether oxygens (including phenoxy) is 1. The van der Waals surface area contributed by atoms with Crippen LogP contribution in [0.3, 0.4) is 0 Å². The molecule has 0 radical (unpaired) electrons. The monoisotopic (exact) mass is 477 g/mol. The molecule has 0 saturated carbocycles. The predicted octanol–water partition coefficient (Wildman–Crippen LogP) is 4.73. The fraction of sp³-hybridized carbons (Fsp3) is 0.0833. The van der Waals surface area contributed by atoms with E-state index in [2.05, 4.69) is 20.4 Å². The molecule has 170 valence electrons. The summed E-state index contributed by atoms with van der Waals surface area (Å²) in [7, 11) is 0. The van der Waals surface area contributed by atoms with Crippen molar-refractivity contribution < 1.29 is 18.3 Å². The third kappa shape index (κ3) is 4.23. The molecule has 2 aromatic heterocycles. The smallest absolute Gasteiger partial charge is 0.262 e. The van der Waals surface area contributed by atoms with Gasteiger partial charge in [-0.1, -0.05) is 6.07 Å². The van der Waals surface area contributed by atoms with Gasteiger partial charge in [0.05, 0.1) is 34.5 Å². The van der Waals surface area contributed by atoms with Gasteiger partial charge in [0.1, 0.15) is 17.4 Å². The van der Waals surface area contributed by atoms with Crippen LogP contribution in [0.25, 0.3) is 11.3 Å². The SMILES string of the molecule is CC(=Nn1c(-c2ccc3c(c2)NC(=O)CO3)csc1=Nc1cccnc1)c1c(F)cccc1F. The van der Waals surface area contributed by atoms with E-state index in [0.29, 0.717) is 33.2 Å². The Morgan fingerprint density at radius 2 is 2.00 bits per heavy atom. The second-order valence-corrected chi connectivity index (χ2v) is 8.20. The zero-order chi connectivity index (χ0) is 23.7. The number of pyridine rings is 1. The van der Waals surface area contributed by atoms with Crippen LogP contribution in [-0.4, -0.2) is 27.9 Å². The number of benzene rings is 2. The first-order chi connectivity index (χ1) is 16.5. The molecule has 1 N–H and O–H groups in total. The van der Waals surface area contributed by atoms with Crippen LogP contribution in [0.15, 0.2) is 76.4 Å². The Morgan fingerprint density at radius 3 is 2.76 bits per heavy atom. The number of aromatic nitrogens is 2. The van der Waals surface area contributed by atoms with E-state index in [0.717, 1.165) is 0 Å². The first-order valence-electron chi connectivity index (χ1n) is 10.2. The predicted molar refractivity (Wildman–Crippen MR) is 125 cm³/mol. The summed E-state index contributed by atoms with van der Waals surface area (Å²) >= 11 is 1.30. The molecule has 0 atom stereocenters. The van der Waals surface area contributed by atoms with Gasteiger partial charge in [-0.25, -0.2) is 18.4 Å². The van der Waals surface area contributed by atoms with Crippen molar-refractivity contribution in [1.82, 2.24) is 9.66 Å². The Kier molecular flexibility index (Phi) is 5.72. The number of thiazole rings is 1. The second kappa shape index (κ2) is 8.99. The maximum Gasteiger partial charge on any atom is 0.262 e. The van der Waals surface area contributed by atoms with Gasteiger partial charge >= 0.3 is 0 Å². The van der Waals surface area contributed by atoms with Crippen molar-refractivity contribution in [3.05, 3.63) is 88.3 Å². The Morgan fingerprint density at radius 1 is 1.18 bits per heavy atom. The number of anilines is 1. The van der Waals surface area contributed by atoms with E-state index < -0.39 is 11.6 Å². The molecule has 1 amide bonds. The Bertz CT molecular complexity index is 1470. The molecule has 3 heterocycles. The lowest BCUT2D eigenvalue weighted by Gasteiger charge is -2.18. The van der Waals surface area contributed by atoms with E-state index in [1.807, 2.05) is 11.4 Å². The van der Waals surface area contributed by atoms with Crippen LogP contribution < -0.4 is 14.9 Å². The molecule has 0 saturated heterocycles. The highest BCUT2D eigenvalue weighted by Crippen LogP contribution is 2.33. The van der Waals surface area contributed by atoms with Crippen LogP contribution in [0.5, 0.6) is 5.75 Å². The van der Waals surface area contributed by atoms with Crippen molar-refractivity contribution >= 4 is 34.3 Å². The summed E-state index contributed by atoms with van der Waals surface area (Å²) in [4.78, 5) is 20.9. The van der Waals surface area contributed by atoms with Crippen molar-refractivity contribution in [2.24, 2.45) is 10.1 Å². The van der Waals surface area contributed by atoms with Crippen LogP contribution in [0.1, 0.15) is 12.5 Å². The average molecular weight is 477 g/mol. The van der Waals surface area contributed by atoms with E-state index >= 15 is 0 Å². The highest BCUT2D eigenvalue weighted by molar-refractivity contribution is 7.07. The van der Waals surface area contributed by atoms with Crippen molar-refractivity contribution in [1.29, 1.82) is 0 Å². The van der Waals surface area contributed by atoms with Gasteiger partial charge in [-0.15, -0.1) is 11.3 Å². The summed E-state index contributed by atoms with van der Waals surface area (Å²) in [5, 5.41) is 9.15. The van der Waals surface area contributed by atoms with E-state index in [1.54, 1.807) is 36.7 Å². The standard InChI is InChI=1S/C24H17F2N5O2S/c1-14(23-17(25)5-2-6-18(23)26)30-31-20(13-34-24(31)28-16-4-3-9-27-11-16)15-7-8-21-19(10-15)29-22(32)12-33-21/h2-11,13H,12H2,1H3,(H,29,32). The maximum atomic E-state index is 14.4. The number of nitrogens with one attached hydrogen (secondary N) is 1. The third-order valence-corrected chi connectivity index (χ3v) is 5.85. The fourth-order valence-corrected chi connectivity index (χ4v) is 4.34. The summed E-state index contributed by atoms with van der Waals surface area (Å²) in [5.41, 5.74) is 2.37. The molecular formula is C24H17F2N5O2S. The molecule has 0 aliphatic carbocycles. The van der Waals surface area contributed by atoms with E-state index in [1.165, 1.54) is 41.1 Å². The van der Waals surface area contributed by atoms with Gasteiger partial charge in [-0.3, -0.25) is 9.78 Å². The minimum Gasteiger partial charge on any atom is -0.482 e. The largest absolute Gasteiger partial charge is 0.482 e. The summed E-state index contributed by atoms with van der Waals surface area (Å²) < 4.78 is 35.8. The number of carbonyl (C=O) groups excluding carboxylic acids is 1. The first kappa shape index (κ1) is 21.7. The zero-order valence-corrected chi connectivity index (χ0v) is 18.6. The van der Waals surface area contributed by atoms with Crippen LogP contribution in [0.2, 0.25) is 0 Å². The highest BCUT2D eigenvalue weighted by atomic mass is 32.1. The summed E-state index contributed by atoms with van der Waals surface area (Å²) in [6.45, 7) is 1.49. The Labute approximate surface area is 196 Å². The van der Waals surface area contributed by atoms with Crippen LogP contribution in [-0.2, 0) is 4.79 Å². The van der Waals surface area contributed by atoms with Gasteiger partial charge in [0.2, 0.25) is 4.80 Å². The third-order valence-electron chi connectivity index (χ3n) is 5.04.